The third-order valence-electron chi connectivity index (χ3n) is 23.6. The van der Waals surface area contributed by atoms with Crippen LogP contribution in [0.3, 0.4) is 0 Å². The number of likely N-dealkylation sites (tertiary alicyclic amines) is 3. The fourth-order valence-electron chi connectivity index (χ4n) is 15.9. The number of carbonyl (C=O) groups excluding carboxylic acids is 8. The monoisotopic (exact) mass is 1730 g/mol. The molecule has 0 unspecified atom stereocenters. The molecule has 6 aromatic carbocycles. The summed E-state index contributed by atoms with van der Waals surface area (Å²) < 4.78 is 47.1. The second-order valence-electron chi connectivity index (χ2n) is 32.2. The number of Topliss-reactive ketones (excluding diaryl/α,β-unsaturated/α-hetero) is 2. The molecule has 0 aliphatic carbocycles. The van der Waals surface area contributed by atoms with Crippen molar-refractivity contribution in [3.05, 3.63) is 183 Å². The number of urea groups is 3. The van der Waals surface area contributed by atoms with Crippen molar-refractivity contribution in [2.24, 2.45) is 0 Å². The summed E-state index contributed by atoms with van der Waals surface area (Å²) in [5.41, 5.74) is 7.20. The minimum Gasteiger partial charge on any atom is -0.493 e. The molecule has 3 aliphatic rings. The van der Waals surface area contributed by atoms with E-state index in [0.29, 0.717) is 158 Å². The summed E-state index contributed by atoms with van der Waals surface area (Å²) in [4.78, 5) is 124. The molecule has 8 N–H and O–H groups in total. The first-order valence-corrected chi connectivity index (χ1v) is 44.7. The SMILES string of the molecule is CCC(CC)NC(=O)N1CCCC[C@H]1C(=O)O[C@H](CCc1ccc(CO)c(CO)c1)c1cccc(OCC(=O)CCCCC(=O)COc2cccc([C@@H](CCc3ccc(OC)c(OC)c3)OC(=O)[C@@H]3CCCCN3C(=O)NC(CC)CC)c2)c1.CCC(CC)NC(=O)N1CCCC[C@H]1C(=O)O[C@H](CCc1ccc(CO)c(CO)c1)c1cccc(OCC(=O)O)c1. The molecule has 3 aliphatic heterocycles. The zero-order chi connectivity index (χ0) is 90.2. The smallest absolute Gasteiger partial charge is 0.341 e. The number of unbranched alkanes of at least 4 members (excludes halogenated alkanes) is 1. The first-order chi connectivity index (χ1) is 60.5. The zero-order valence-corrected chi connectivity index (χ0v) is 74.1. The van der Waals surface area contributed by atoms with Crippen LogP contribution in [0.2, 0.25) is 0 Å². The number of aryl methyl sites for hydroxylation is 3. The average Bonchev–Trinajstić information content (AvgIpc) is 0.826. The number of carbonyl (C=O) groups is 9. The summed E-state index contributed by atoms with van der Waals surface area (Å²) in [5.74, 6) is -0.519. The lowest BCUT2D eigenvalue weighted by atomic mass is 9.97. The van der Waals surface area contributed by atoms with Gasteiger partial charge in [0.1, 0.15) is 66.9 Å². The number of ether oxygens (including phenoxy) is 8. The maximum atomic E-state index is 14.1. The first-order valence-electron chi connectivity index (χ1n) is 44.7. The van der Waals surface area contributed by atoms with Crippen molar-refractivity contribution in [2.75, 3.05) is 53.7 Å². The Bertz CT molecular complexity index is 4250. The Labute approximate surface area is 735 Å². The van der Waals surface area contributed by atoms with Gasteiger partial charge in [-0.25, -0.2) is 33.6 Å². The van der Waals surface area contributed by atoms with E-state index in [0.717, 1.165) is 93.7 Å². The molecule has 0 aromatic heterocycles. The van der Waals surface area contributed by atoms with Crippen LogP contribution in [0.1, 0.15) is 257 Å². The van der Waals surface area contributed by atoms with Gasteiger partial charge < -0.3 is 94.1 Å². The van der Waals surface area contributed by atoms with Crippen molar-refractivity contribution in [3.8, 4) is 28.7 Å². The van der Waals surface area contributed by atoms with E-state index in [1.165, 1.54) is 0 Å². The number of hydrogen-bond acceptors (Lipinski definition) is 21. The standard InChI is InChI=1S/C66H90N4O14.C31H42N2O8/c1-7-51(8-2)67-65(77)69-35-15-13-25-57(69)63(75)83-59(32-28-45-27-31-49(41-71)50(37-45)42-72)47-19-17-23-55(39-47)81-43-53(73)21-11-12-22-54(74)44-82-56-24-18-20-48(40-56)60(33-29-46-30-34-61(79-5)62(38-46)80-6)84-64(76)58-26-14-16-36-70(58)66(78)68-52(9-3)10-4;1-3-25(4-2)32-31(39)33-15-6-5-10-27(33)30(38)41-28(22-8-7-9-26(17-22)40-20-29(36)37)14-12-21-11-13-23(18-34)24(16-21)19-35/h17-20,23-24,27,30-31,34,37-40,51-52,57-60,71-72H,7-16,21-22,25-26,28-29,32-33,35-36,41-44H2,1-6H3,(H,67,77)(H,68,78);7-9,11,13,16-17,25,27-28,34-35H,3-6,10,12,14-15,18-20H2,1-2H3,(H,32,39)(H,36,37)/t57-,58-,59+,60+;27-,28+/m00/s1. The van der Waals surface area contributed by atoms with Gasteiger partial charge in [-0.05, 0) is 252 Å². The number of nitrogens with zero attached hydrogens (tertiary/aromatic N) is 3. The number of methoxy groups -OCH3 is 2. The van der Waals surface area contributed by atoms with Crippen molar-refractivity contribution in [3.63, 3.8) is 0 Å². The number of rotatable bonds is 47. The normalized spacial score (nSPS) is 15.9. The maximum Gasteiger partial charge on any atom is 0.341 e. The van der Waals surface area contributed by atoms with Crippen molar-refractivity contribution in [2.45, 2.75) is 283 Å². The van der Waals surface area contributed by atoms with Crippen LogP contribution in [-0.2, 0) is 88.7 Å². The van der Waals surface area contributed by atoms with E-state index in [1.54, 1.807) is 102 Å². The van der Waals surface area contributed by atoms with Gasteiger partial charge in [0.25, 0.3) is 0 Å². The van der Waals surface area contributed by atoms with Crippen LogP contribution in [-0.4, -0.2) is 184 Å². The molecule has 3 heterocycles. The van der Waals surface area contributed by atoms with E-state index in [9.17, 15) is 63.6 Å². The third-order valence-corrected chi connectivity index (χ3v) is 23.6. The van der Waals surface area contributed by atoms with E-state index in [-0.39, 0.29) is 100 Å². The van der Waals surface area contributed by atoms with Crippen LogP contribution >= 0.6 is 0 Å². The number of benzene rings is 6. The number of carboxylic acid groups (broad SMARTS) is 1. The molecular weight excluding hydrogens is 1600 g/mol. The van der Waals surface area contributed by atoms with E-state index in [4.69, 9.17) is 43.0 Å². The van der Waals surface area contributed by atoms with Crippen molar-refractivity contribution >= 4 is 53.5 Å². The summed E-state index contributed by atoms with van der Waals surface area (Å²) in [7, 11) is 3.15. The Morgan fingerprint density at radius 3 is 1.02 bits per heavy atom. The minimum atomic E-state index is -1.10. The van der Waals surface area contributed by atoms with Gasteiger partial charge in [0.2, 0.25) is 0 Å². The van der Waals surface area contributed by atoms with Gasteiger partial charge in [-0.15, -0.1) is 0 Å². The molecule has 28 nitrogen and oxygen atoms in total. The summed E-state index contributed by atoms with van der Waals surface area (Å²) in [6, 6.07) is 34.6. The van der Waals surface area contributed by atoms with Crippen molar-refractivity contribution in [1.82, 2.24) is 30.7 Å². The van der Waals surface area contributed by atoms with Gasteiger partial charge in [-0.3, -0.25) is 9.59 Å². The number of esters is 3. The van der Waals surface area contributed by atoms with Gasteiger partial charge in [0.05, 0.1) is 40.6 Å². The quantitative estimate of drug-likeness (QED) is 0.00999. The third kappa shape index (κ3) is 31.1. The van der Waals surface area contributed by atoms with Crippen LogP contribution in [0.25, 0.3) is 0 Å². The highest BCUT2D eigenvalue weighted by Crippen LogP contribution is 2.36. The lowest BCUT2D eigenvalue weighted by molar-refractivity contribution is -0.157. The van der Waals surface area contributed by atoms with Gasteiger partial charge >= 0.3 is 42.0 Å². The summed E-state index contributed by atoms with van der Waals surface area (Å²) in [6.07, 6.45) is 12.7. The molecule has 0 radical (unpaired) electrons. The van der Waals surface area contributed by atoms with Crippen LogP contribution in [0.4, 0.5) is 14.4 Å². The number of nitrogens with one attached hydrogen (secondary N) is 3. The molecule has 3 fully saturated rings. The Morgan fingerprint density at radius 1 is 0.384 bits per heavy atom. The number of carboxylic acids is 1. The predicted octanol–water partition coefficient (Wildman–Crippen LogP) is 14.9. The van der Waals surface area contributed by atoms with E-state index < -0.39 is 66.9 Å². The molecule has 6 aromatic rings. The topological polar surface area (TPSA) is 374 Å². The predicted molar refractivity (Wildman–Crippen MR) is 471 cm³/mol. The molecule has 0 saturated carbocycles. The van der Waals surface area contributed by atoms with Gasteiger partial charge in [-0.2, -0.15) is 0 Å². The highest BCUT2D eigenvalue weighted by atomic mass is 16.6. The molecule has 0 bridgehead atoms. The van der Waals surface area contributed by atoms with Gasteiger partial charge in [-0.1, -0.05) is 120 Å². The average molecular weight is 1730 g/mol. The molecule has 9 rings (SSSR count). The number of aliphatic carboxylic acids is 1. The molecule has 0 spiro atoms. The summed E-state index contributed by atoms with van der Waals surface area (Å²) in [6.45, 7) is 11.7. The highest BCUT2D eigenvalue weighted by molar-refractivity contribution is 5.86. The lowest BCUT2D eigenvalue weighted by Crippen LogP contribution is -2.54. The molecule has 28 heteroatoms. The van der Waals surface area contributed by atoms with Crippen LogP contribution < -0.4 is 39.6 Å². The minimum absolute atomic E-state index is 0.00259. The van der Waals surface area contributed by atoms with Crippen LogP contribution in [0.15, 0.2) is 127 Å². The van der Waals surface area contributed by atoms with Gasteiger partial charge in [0.15, 0.2) is 29.7 Å². The van der Waals surface area contributed by atoms with E-state index >= 15 is 0 Å². The number of hydrogen-bond donors (Lipinski definition) is 8. The van der Waals surface area contributed by atoms with Crippen LogP contribution in [0.5, 0.6) is 28.7 Å². The fourth-order valence-corrected chi connectivity index (χ4v) is 15.9. The highest BCUT2D eigenvalue weighted by Gasteiger charge is 2.39. The number of piperidine rings is 3. The number of aliphatic hydroxyl groups is 4. The Kier molecular flexibility index (Phi) is 42.1. The van der Waals surface area contributed by atoms with Crippen molar-refractivity contribution < 1.29 is 107 Å². The fraction of sp³-hybridized carbons (Fsp3) is 0.536. The molecule has 3 saturated heterocycles. The number of ketones is 2. The largest absolute Gasteiger partial charge is 0.493 e. The second-order valence-corrected chi connectivity index (χ2v) is 32.2. The van der Waals surface area contributed by atoms with E-state index in [1.807, 2.05) is 96.1 Å². The first kappa shape index (κ1) is 99.6. The number of aliphatic hydroxyl groups excluding tert-OH is 4. The Morgan fingerprint density at radius 2 is 0.704 bits per heavy atom. The van der Waals surface area contributed by atoms with E-state index in [2.05, 4.69) is 16.0 Å². The summed E-state index contributed by atoms with van der Waals surface area (Å²) >= 11 is 0. The Hall–Kier alpha value is -10.8. The van der Waals surface area contributed by atoms with Gasteiger partial charge in [0, 0.05) is 50.6 Å². The molecule has 6 atom stereocenters. The van der Waals surface area contributed by atoms with Crippen molar-refractivity contribution in [1.29, 1.82) is 0 Å². The summed E-state index contributed by atoms with van der Waals surface area (Å²) in [5, 5.41) is 57.1. The lowest BCUT2D eigenvalue weighted by Gasteiger charge is -2.36. The Balaban J connectivity index is 0.000000393. The van der Waals surface area contributed by atoms with Crippen LogP contribution in [0, 0.1) is 0 Å². The molecule has 6 amide bonds. The maximum absolute atomic E-state index is 14.1. The molecular formula is C97H132N6O22. The molecule has 125 heavy (non-hydrogen) atoms. The molecule has 682 valence electrons. The zero-order valence-electron chi connectivity index (χ0n) is 74.1. The number of amides is 6. The second kappa shape index (κ2) is 52.8.